The van der Waals surface area contributed by atoms with Gasteiger partial charge in [-0.05, 0) is 20.8 Å². The van der Waals surface area contributed by atoms with Crippen LogP contribution in [0.3, 0.4) is 0 Å². The molecular formula is C10H14N2O3. The maximum absolute atomic E-state index is 11.8. The maximum atomic E-state index is 11.8. The highest BCUT2D eigenvalue weighted by atomic mass is 16.2. The summed E-state index contributed by atoms with van der Waals surface area (Å²) in [6.07, 6.45) is 0. The van der Waals surface area contributed by atoms with Crippen molar-refractivity contribution in [1.29, 1.82) is 0 Å². The number of imide groups is 2. The Hall–Kier alpha value is -1.65. The smallest absolute Gasteiger partial charge is 0.277 e. The van der Waals surface area contributed by atoms with Crippen molar-refractivity contribution in [3.05, 3.63) is 12.2 Å². The molecule has 0 aliphatic carbocycles. The van der Waals surface area contributed by atoms with Crippen LogP contribution in [0, 0.1) is 5.41 Å². The molecule has 0 spiro atoms. The van der Waals surface area contributed by atoms with Crippen LogP contribution in [-0.2, 0) is 9.59 Å². The summed E-state index contributed by atoms with van der Waals surface area (Å²) in [5.41, 5.74) is -0.507. The Morgan fingerprint density at radius 2 is 1.93 bits per heavy atom. The van der Waals surface area contributed by atoms with E-state index in [0.29, 0.717) is 5.57 Å². The zero-order chi connectivity index (χ0) is 11.8. The summed E-state index contributed by atoms with van der Waals surface area (Å²) in [6, 6.07) is -0.674. The quantitative estimate of drug-likeness (QED) is 0.538. The lowest BCUT2D eigenvalue weighted by atomic mass is 9.88. The first kappa shape index (κ1) is 11.4. The van der Waals surface area contributed by atoms with Crippen molar-refractivity contribution in [2.24, 2.45) is 5.41 Å². The fraction of sp³-hybridized carbons (Fsp3) is 0.500. The van der Waals surface area contributed by atoms with Gasteiger partial charge in [0.15, 0.2) is 0 Å². The number of nitrogens with one attached hydrogen (secondary N) is 1. The number of carbonyl (C=O) groups excluding carboxylic acids is 3. The van der Waals surface area contributed by atoms with E-state index in [1.165, 1.54) is 13.8 Å². The van der Waals surface area contributed by atoms with Gasteiger partial charge in [0.1, 0.15) is 5.41 Å². The van der Waals surface area contributed by atoms with Crippen molar-refractivity contribution >= 4 is 17.8 Å². The van der Waals surface area contributed by atoms with Crippen molar-refractivity contribution in [3.63, 3.8) is 0 Å². The van der Waals surface area contributed by atoms with Gasteiger partial charge in [0.05, 0.1) is 6.54 Å². The van der Waals surface area contributed by atoms with Gasteiger partial charge in [0, 0.05) is 0 Å². The Bertz CT molecular complexity index is 358. The maximum Gasteiger partial charge on any atom is 0.331 e. The molecule has 5 nitrogen and oxygen atoms in total. The Morgan fingerprint density at radius 3 is 2.40 bits per heavy atom. The standard InChI is InChI=1S/C10H14N2O3/c1-6(2)5-12-8(14)10(3,4)7(13)11-9(12)15/h1,5H2,2-4H3,(H,11,13,15). The number of nitrogens with zero attached hydrogens (tertiary/aromatic N) is 1. The van der Waals surface area contributed by atoms with Gasteiger partial charge in [0.2, 0.25) is 11.8 Å². The molecule has 1 N–H and O–H groups in total. The minimum absolute atomic E-state index is 0.140. The van der Waals surface area contributed by atoms with Crippen LogP contribution >= 0.6 is 0 Å². The molecule has 0 unspecified atom stereocenters. The molecule has 0 saturated carbocycles. The predicted molar refractivity (Wildman–Crippen MR) is 53.8 cm³/mol. The minimum Gasteiger partial charge on any atom is -0.277 e. The van der Waals surface area contributed by atoms with E-state index in [-0.39, 0.29) is 6.54 Å². The minimum atomic E-state index is -1.19. The molecule has 1 heterocycles. The molecule has 1 aliphatic heterocycles. The molecule has 82 valence electrons. The molecule has 0 aromatic rings. The molecule has 0 radical (unpaired) electrons. The molecule has 0 bridgehead atoms. The summed E-state index contributed by atoms with van der Waals surface area (Å²) in [7, 11) is 0. The molecule has 5 heteroatoms. The van der Waals surface area contributed by atoms with Gasteiger partial charge in [-0.1, -0.05) is 12.2 Å². The van der Waals surface area contributed by atoms with Crippen molar-refractivity contribution in [3.8, 4) is 0 Å². The van der Waals surface area contributed by atoms with E-state index in [1.54, 1.807) is 6.92 Å². The third-order valence-corrected chi connectivity index (χ3v) is 2.24. The summed E-state index contributed by atoms with van der Waals surface area (Å²) in [5.74, 6) is -1.05. The third-order valence-electron chi connectivity index (χ3n) is 2.24. The Morgan fingerprint density at radius 1 is 1.40 bits per heavy atom. The Labute approximate surface area is 88.1 Å². The molecule has 1 rings (SSSR count). The highest BCUT2D eigenvalue weighted by Crippen LogP contribution is 2.23. The van der Waals surface area contributed by atoms with Crippen LogP contribution in [0.4, 0.5) is 4.79 Å². The van der Waals surface area contributed by atoms with Crippen molar-refractivity contribution in [1.82, 2.24) is 10.2 Å². The summed E-state index contributed by atoms with van der Waals surface area (Å²) in [6.45, 7) is 8.46. The van der Waals surface area contributed by atoms with Gasteiger partial charge < -0.3 is 0 Å². The van der Waals surface area contributed by atoms with E-state index in [1.807, 2.05) is 0 Å². The fourth-order valence-electron chi connectivity index (χ4n) is 1.26. The van der Waals surface area contributed by atoms with Crippen LogP contribution in [0.25, 0.3) is 0 Å². The Balaban J connectivity index is 2.99. The van der Waals surface area contributed by atoms with E-state index in [0.717, 1.165) is 4.90 Å². The number of urea groups is 1. The van der Waals surface area contributed by atoms with Crippen LogP contribution in [0.2, 0.25) is 0 Å². The van der Waals surface area contributed by atoms with E-state index in [2.05, 4.69) is 11.9 Å². The second-order valence-electron chi connectivity index (χ2n) is 4.23. The normalized spacial score (nSPS) is 20.2. The van der Waals surface area contributed by atoms with Crippen LogP contribution in [0.5, 0.6) is 0 Å². The first-order valence-corrected chi connectivity index (χ1v) is 4.58. The van der Waals surface area contributed by atoms with Gasteiger partial charge >= 0.3 is 6.03 Å². The molecule has 0 atom stereocenters. The number of rotatable bonds is 2. The topological polar surface area (TPSA) is 66.5 Å². The van der Waals surface area contributed by atoms with Crippen LogP contribution in [-0.4, -0.2) is 29.3 Å². The highest BCUT2D eigenvalue weighted by Gasteiger charge is 2.46. The molecule has 1 fully saturated rings. The summed E-state index contributed by atoms with van der Waals surface area (Å²) in [4.78, 5) is 35.5. The number of barbiturate groups is 1. The number of hydrogen-bond donors (Lipinski definition) is 1. The van der Waals surface area contributed by atoms with Crippen molar-refractivity contribution < 1.29 is 14.4 Å². The molecule has 1 saturated heterocycles. The molecule has 15 heavy (non-hydrogen) atoms. The van der Waals surface area contributed by atoms with Crippen molar-refractivity contribution in [2.75, 3.05) is 6.54 Å². The SMILES string of the molecule is C=C(C)CN1C(=O)NC(=O)C(C)(C)C1=O. The largest absolute Gasteiger partial charge is 0.331 e. The van der Waals surface area contributed by atoms with Crippen LogP contribution in [0.15, 0.2) is 12.2 Å². The average molecular weight is 210 g/mol. The van der Waals surface area contributed by atoms with E-state index in [9.17, 15) is 14.4 Å². The average Bonchev–Trinajstić information content (AvgIpc) is 2.10. The lowest BCUT2D eigenvalue weighted by Gasteiger charge is -2.34. The van der Waals surface area contributed by atoms with Gasteiger partial charge in [-0.2, -0.15) is 0 Å². The lowest BCUT2D eigenvalue weighted by Crippen LogP contribution is -2.62. The van der Waals surface area contributed by atoms with E-state index in [4.69, 9.17) is 0 Å². The van der Waals surface area contributed by atoms with Gasteiger partial charge in [-0.25, -0.2) is 4.79 Å². The summed E-state index contributed by atoms with van der Waals surface area (Å²) in [5, 5.41) is 2.14. The van der Waals surface area contributed by atoms with Crippen molar-refractivity contribution in [2.45, 2.75) is 20.8 Å². The molecule has 4 amide bonds. The molecule has 1 aliphatic rings. The number of amides is 4. The lowest BCUT2D eigenvalue weighted by molar-refractivity contribution is -0.148. The zero-order valence-corrected chi connectivity index (χ0v) is 9.09. The Kier molecular flexibility index (Phi) is 2.66. The summed E-state index contributed by atoms with van der Waals surface area (Å²) < 4.78 is 0. The van der Waals surface area contributed by atoms with E-state index >= 15 is 0 Å². The fourth-order valence-corrected chi connectivity index (χ4v) is 1.26. The van der Waals surface area contributed by atoms with Gasteiger partial charge in [-0.3, -0.25) is 19.8 Å². The predicted octanol–water partition coefficient (Wildman–Crippen LogP) is 0.667. The second-order valence-corrected chi connectivity index (χ2v) is 4.23. The molecule has 0 aromatic carbocycles. The number of carbonyl (C=O) groups is 3. The summed E-state index contributed by atoms with van der Waals surface area (Å²) >= 11 is 0. The monoisotopic (exact) mass is 210 g/mol. The van der Waals surface area contributed by atoms with Gasteiger partial charge in [0.25, 0.3) is 0 Å². The first-order valence-electron chi connectivity index (χ1n) is 4.58. The van der Waals surface area contributed by atoms with E-state index < -0.39 is 23.3 Å². The highest BCUT2D eigenvalue weighted by molar-refractivity contribution is 6.18. The zero-order valence-electron chi connectivity index (χ0n) is 9.09. The second kappa shape index (κ2) is 3.49. The molecule has 0 aromatic heterocycles. The number of hydrogen-bond acceptors (Lipinski definition) is 3. The van der Waals surface area contributed by atoms with Crippen LogP contribution < -0.4 is 5.32 Å². The first-order chi connectivity index (χ1) is 6.76. The third kappa shape index (κ3) is 1.91. The molecular weight excluding hydrogens is 196 g/mol. The van der Waals surface area contributed by atoms with Gasteiger partial charge in [-0.15, -0.1) is 0 Å². The van der Waals surface area contributed by atoms with Crippen LogP contribution in [0.1, 0.15) is 20.8 Å².